The highest BCUT2D eigenvalue weighted by molar-refractivity contribution is 5.54. The quantitative estimate of drug-likeness (QED) is 0.359. The highest BCUT2D eigenvalue weighted by Crippen LogP contribution is 2.40. The van der Waals surface area contributed by atoms with Crippen molar-refractivity contribution in [3.8, 4) is 0 Å². The average molecular weight is 284 g/mol. The molecule has 1 aliphatic rings. The maximum Gasteiger partial charge on any atom is 0.124 e. The van der Waals surface area contributed by atoms with Crippen molar-refractivity contribution in [2.24, 2.45) is 5.41 Å². The molecule has 0 radical (unpaired) electrons. The maximum atomic E-state index is 10.4. The number of hydrogen-bond donors (Lipinski definition) is 0. The van der Waals surface area contributed by atoms with Crippen molar-refractivity contribution in [3.63, 3.8) is 0 Å². The zero-order chi connectivity index (χ0) is 15.9. The van der Waals surface area contributed by atoms with Gasteiger partial charge in [0.2, 0.25) is 0 Å². The fourth-order valence-corrected chi connectivity index (χ4v) is 2.70. The van der Waals surface area contributed by atoms with E-state index in [9.17, 15) is 4.79 Å². The number of aldehydes is 1. The maximum absolute atomic E-state index is 10.4. The Morgan fingerprint density at radius 2 is 2.05 bits per heavy atom. The van der Waals surface area contributed by atoms with Crippen molar-refractivity contribution in [3.05, 3.63) is 52.3 Å². The van der Waals surface area contributed by atoms with Crippen LogP contribution in [0.5, 0.6) is 0 Å². The third kappa shape index (κ3) is 5.73. The Hall–Kier alpha value is -1.59. The van der Waals surface area contributed by atoms with Crippen LogP contribution in [0.4, 0.5) is 0 Å². The summed E-state index contributed by atoms with van der Waals surface area (Å²) >= 11 is 0. The van der Waals surface area contributed by atoms with E-state index in [2.05, 4.69) is 45.6 Å². The van der Waals surface area contributed by atoms with Gasteiger partial charge in [-0.2, -0.15) is 0 Å². The zero-order valence-corrected chi connectivity index (χ0v) is 14.1. The summed E-state index contributed by atoms with van der Waals surface area (Å²) in [5, 5.41) is 0. The van der Waals surface area contributed by atoms with E-state index >= 15 is 0 Å². The summed E-state index contributed by atoms with van der Waals surface area (Å²) in [5.41, 5.74) is 8.75. The lowest BCUT2D eigenvalue weighted by atomic mass is 9.73. The minimum absolute atomic E-state index is 0.281. The van der Waals surface area contributed by atoms with Crippen LogP contribution < -0.4 is 0 Å². The lowest BCUT2D eigenvalue weighted by molar-refractivity contribution is -0.107. The topological polar surface area (TPSA) is 17.1 Å². The normalized spacial score (nSPS) is 19.8. The number of hydrogen-bond acceptors (Lipinski definition) is 1. The summed E-state index contributed by atoms with van der Waals surface area (Å²) in [6.45, 7) is 10.9. The molecule has 1 aliphatic carbocycles. The smallest absolute Gasteiger partial charge is 0.124 e. The van der Waals surface area contributed by atoms with E-state index in [4.69, 9.17) is 0 Å². The molecule has 0 saturated heterocycles. The molecule has 0 saturated carbocycles. The molecule has 1 nitrogen and oxygen atoms in total. The summed E-state index contributed by atoms with van der Waals surface area (Å²) in [4.78, 5) is 10.4. The summed E-state index contributed by atoms with van der Waals surface area (Å²) < 4.78 is 0. The van der Waals surface area contributed by atoms with Gasteiger partial charge >= 0.3 is 0 Å². The minimum Gasteiger partial charge on any atom is -0.303 e. The van der Waals surface area contributed by atoms with Crippen molar-refractivity contribution in [2.45, 2.75) is 60.3 Å². The first-order chi connectivity index (χ1) is 9.86. The van der Waals surface area contributed by atoms with Gasteiger partial charge in [0.15, 0.2) is 0 Å². The van der Waals surface area contributed by atoms with Crippen LogP contribution in [0, 0.1) is 5.41 Å². The monoisotopic (exact) mass is 284 g/mol. The average Bonchev–Trinajstić information content (AvgIpc) is 2.37. The van der Waals surface area contributed by atoms with Crippen LogP contribution in [0.15, 0.2) is 52.3 Å². The van der Waals surface area contributed by atoms with Crippen LogP contribution in [0.3, 0.4) is 0 Å². The third-order valence-corrected chi connectivity index (χ3v) is 4.09. The Labute approximate surface area is 129 Å². The number of allylic oxidation sites excluding steroid dienone is 7. The van der Waals surface area contributed by atoms with Crippen molar-refractivity contribution in [2.75, 3.05) is 0 Å². The molecule has 0 aromatic heterocycles. The van der Waals surface area contributed by atoms with E-state index in [1.807, 2.05) is 19.1 Å². The predicted octanol–water partition coefficient (Wildman–Crippen LogP) is 5.71. The molecule has 1 heteroatoms. The van der Waals surface area contributed by atoms with Crippen LogP contribution in [0.2, 0.25) is 0 Å². The Bertz CT molecular complexity index is 532. The van der Waals surface area contributed by atoms with Crippen LogP contribution in [-0.2, 0) is 4.79 Å². The highest BCUT2D eigenvalue weighted by Gasteiger charge is 2.26. The molecule has 0 amide bonds. The second-order valence-electron chi connectivity index (χ2n) is 6.61. The molecule has 0 aromatic rings. The molecule has 0 N–H and O–H groups in total. The van der Waals surface area contributed by atoms with E-state index in [0.717, 1.165) is 18.3 Å². The molecule has 21 heavy (non-hydrogen) atoms. The van der Waals surface area contributed by atoms with Gasteiger partial charge in [0.1, 0.15) is 6.29 Å². The summed E-state index contributed by atoms with van der Waals surface area (Å²) in [6.07, 6.45) is 13.3. The fraction of sp³-hybridized carbons (Fsp3) is 0.500. The molecule has 0 heterocycles. The summed E-state index contributed by atoms with van der Waals surface area (Å²) in [6, 6.07) is 0. The second-order valence-corrected chi connectivity index (χ2v) is 6.61. The van der Waals surface area contributed by atoms with Gasteiger partial charge in [-0.25, -0.2) is 0 Å². The Morgan fingerprint density at radius 3 is 2.67 bits per heavy atom. The van der Waals surface area contributed by atoms with Crippen LogP contribution in [-0.4, -0.2) is 6.29 Å². The van der Waals surface area contributed by atoms with E-state index in [0.29, 0.717) is 6.42 Å². The van der Waals surface area contributed by atoms with Gasteiger partial charge in [0.05, 0.1) is 0 Å². The van der Waals surface area contributed by atoms with Gasteiger partial charge in [-0.1, -0.05) is 43.2 Å². The molecule has 0 unspecified atom stereocenters. The predicted molar refractivity (Wildman–Crippen MR) is 91.2 cm³/mol. The molecule has 114 valence electrons. The SMILES string of the molecule is CC(=C=CC=C(C)CC=O)CC=C1C(C)=CCCC1(C)C. The van der Waals surface area contributed by atoms with Gasteiger partial charge in [-0.15, -0.1) is 5.73 Å². The van der Waals surface area contributed by atoms with Crippen LogP contribution in [0.1, 0.15) is 60.3 Å². The molecular formula is C20H28O. The van der Waals surface area contributed by atoms with Gasteiger partial charge in [-0.05, 0) is 62.7 Å². The summed E-state index contributed by atoms with van der Waals surface area (Å²) in [7, 11) is 0. The van der Waals surface area contributed by atoms with E-state index in [-0.39, 0.29) is 5.41 Å². The van der Waals surface area contributed by atoms with Crippen molar-refractivity contribution in [1.29, 1.82) is 0 Å². The second kappa shape index (κ2) is 8.00. The van der Waals surface area contributed by atoms with Gasteiger partial charge in [0, 0.05) is 6.42 Å². The molecule has 0 spiro atoms. The van der Waals surface area contributed by atoms with Gasteiger partial charge in [0.25, 0.3) is 0 Å². The van der Waals surface area contributed by atoms with Crippen LogP contribution in [0.25, 0.3) is 0 Å². The van der Waals surface area contributed by atoms with E-state index in [1.54, 1.807) is 0 Å². The molecule has 0 fully saturated rings. The molecule has 0 atom stereocenters. The van der Waals surface area contributed by atoms with E-state index in [1.165, 1.54) is 29.6 Å². The largest absolute Gasteiger partial charge is 0.303 e. The number of rotatable bonds is 5. The lowest BCUT2D eigenvalue weighted by Crippen LogP contribution is -2.18. The summed E-state index contributed by atoms with van der Waals surface area (Å²) in [5.74, 6) is 0. The van der Waals surface area contributed by atoms with Gasteiger partial charge < -0.3 is 4.79 Å². The Balaban J connectivity index is 2.81. The van der Waals surface area contributed by atoms with Crippen molar-refractivity contribution >= 4 is 6.29 Å². The molecule has 1 rings (SSSR count). The van der Waals surface area contributed by atoms with Gasteiger partial charge in [-0.3, -0.25) is 0 Å². The third-order valence-electron chi connectivity index (χ3n) is 4.09. The van der Waals surface area contributed by atoms with Crippen LogP contribution >= 0.6 is 0 Å². The zero-order valence-electron chi connectivity index (χ0n) is 14.1. The standard InChI is InChI=1S/C20H28O/c1-16(8-6-9-17(2)13-15-21)11-12-19-18(3)10-7-14-20(19,4)5/h6,9-10,12,15H,7,11,13-14H2,1-5H3. The highest BCUT2D eigenvalue weighted by atomic mass is 16.1. The minimum atomic E-state index is 0.281. The Kier molecular flexibility index (Phi) is 6.65. The molecule has 0 bridgehead atoms. The first-order valence-electron chi connectivity index (χ1n) is 7.76. The van der Waals surface area contributed by atoms with Crippen molar-refractivity contribution < 1.29 is 4.79 Å². The molecular weight excluding hydrogens is 256 g/mol. The molecule has 0 aliphatic heterocycles. The Morgan fingerprint density at radius 1 is 1.33 bits per heavy atom. The van der Waals surface area contributed by atoms with E-state index < -0.39 is 0 Å². The molecule has 0 aromatic carbocycles. The number of carbonyl (C=O) groups excluding carboxylic acids is 1. The lowest BCUT2D eigenvalue weighted by Gasteiger charge is -2.32. The number of carbonyl (C=O) groups is 1. The fourth-order valence-electron chi connectivity index (χ4n) is 2.70. The first kappa shape index (κ1) is 17.5. The first-order valence-corrected chi connectivity index (χ1v) is 7.76. The van der Waals surface area contributed by atoms with Crippen molar-refractivity contribution in [1.82, 2.24) is 0 Å².